The second-order valence-electron chi connectivity index (χ2n) is 8.41. The first-order valence-electron chi connectivity index (χ1n) is 11.9. The number of nitrogens with one attached hydrogen (secondary N) is 2. The first kappa shape index (κ1) is 26.6. The number of amides is 1. The normalized spacial score (nSPS) is 10.9. The molecule has 0 saturated heterocycles. The van der Waals surface area contributed by atoms with Crippen molar-refractivity contribution in [2.24, 2.45) is 5.10 Å². The van der Waals surface area contributed by atoms with E-state index in [0.29, 0.717) is 22.9 Å². The van der Waals surface area contributed by atoms with Gasteiger partial charge < -0.3 is 10.1 Å². The molecule has 2 N–H and O–H groups in total. The van der Waals surface area contributed by atoms with Crippen LogP contribution in [-0.4, -0.2) is 17.1 Å². The molecule has 0 aliphatic heterocycles. The smallest absolute Gasteiger partial charge is 0.271 e. The number of hydrazone groups is 1. The molecule has 0 spiro atoms. The summed E-state index contributed by atoms with van der Waals surface area (Å²) in [6.07, 6.45) is 1.58. The molecule has 39 heavy (non-hydrogen) atoms. The minimum absolute atomic E-state index is 0.301. The highest BCUT2D eigenvalue weighted by Gasteiger charge is 2.08. The van der Waals surface area contributed by atoms with Gasteiger partial charge >= 0.3 is 0 Å². The molecule has 1 aromatic heterocycles. The van der Waals surface area contributed by atoms with Gasteiger partial charge in [-0.15, -0.1) is 11.3 Å². The van der Waals surface area contributed by atoms with E-state index in [1.165, 1.54) is 11.3 Å². The lowest BCUT2D eigenvalue weighted by atomic mass is 10.1. The zero-order chi connectivity index (χ0) is 27.0. The van der Waals surface area contributed by atoms with Gasteiger partial charge in [-0.25, -0.2) is 10.4 Å². The third-order valence-corrected chi connectivity index (χ3v) is 7.24. The number of hydrogen-bond donors (Lipinski definition) is 2. The monoisotopic (exact) mass is 616 g/mol. The number of halogens is 2. The van der Waals surface area contributed by atoms with Gasteiger partial charge in [-0.2, -0.15) is 5.10 Å². The van der Waals surface area contributed by atoms with E-state index in [1.807, 2.05) is 90.3 Å². The van der Waals surface area contributed by atoms with Crippen molar-refractivity contribution in [1.29, 1.82) is 0 Å². The Bertz CT molecular complexity index is 1590. The number of anilines is 2. The molecule has 0 aliphatic carbocycles. The highest BCUT2D eigenvalue weighted by molar-refractivity contribution is 9.10. The number of carbonyl (C=O) groups is 1. The van der Waals surface area contributed by atoms with Gasteiger partial charge in [0.2, 0.25) is 0 Å². The molecule has 0 radical (unpaired) electrons. The number of rotatable bonds is 9. The van der Waals surface area contributed by atoms with Crippen molar-refractivity contribution in [3.63, 3.8) is 0 Å². The van der Waals surface area contributed by atoms with Crippen LogP contribution < -0.4 is 15.5 Å². The number of carbonyl (C=O) groups excluding carboxylic acids is 1. The molecule has 6 nitrogen and oxygen atoms in total. The summed E-state index contributed by atoms with van der Waals surface area (Å²) in [5, 5.41) is 10.9. The molecule has 0 aliphatic rings. The van der Waals surface area contributed by atoms with Gasteiger partial charge in [0.05, 0.1) is 16.4 Å². The molecule has 0 fully saturated rings. The summed E-state index contributed by atoms with van der Waals surface area (Å²) in [5.74, 6) is 0.402. The summed E-state index contributed by atoms with van der Waals surface area (Å²) < 4.78 is 6.66. The van der Waals surface area contributed by atoms with Crippen molar-refractivity contribution in [2.75, 3.05) is 5.32 Å². The third kappa shape index (κ3) is 7.32. The minimum atomic E-state index is -0.301. The maximum Gasteiger partial charge on any atom is 0.271 e. The van der Waals surface area contributed by atoms with Gasteiger partial charge in [0, 0.05) is 27.2 Å². The lowest BCUT2D eigenvalue weighted by Gasteiger charge is -2.09. The zero-order valence-electron chi connectivity index (χ0n) is 20.5. The Hall–Kier alpha value is -3.98. The van der Waals surface area contributed by atoms with Gasteiger partial charge in [0.1, 0.15) is 12.4 Å². The molecular weight excluding hydrogens is 596 g/mol. The highest BCUT2D eigenvalue weighted by Crippen LogP contribution is 2.28. The van der Waals surface area contributed by atoms with E-state index in [0.717, 1.165) is 37.7 Å². The molecule has 0 bridgehead atoms. The predicted molar refractivity (Wildman–Crippen MR) is 162 cm³/mol. The molecule has 0 atom stereocenters. The van der Waals surface area contributed by atoms with Crippen LogP contribution in [0.1, 0.15) is 21.5 Å². The first-order chi connectivity index (χ1) is 19.0. The SMILES string of the molecule is O=C(N/N=C\c1ccc(OCc2ccc(Cl)cc2)c(Br)c1)c1ccc(-c2csc(Nc3ccccc3)n2)cc1. The molecule has 194 valence electrons. The standard InChI is InChI=1S/C30H22BrClN4O2S/c31-26-16-21(8-15-28(26)38-18-20-6-13-24(32)14-7-20)17-33-36-29(37)23-11-9-22(10-12-23)27-19-39-30(35-27)34-25-4-2-1-3-5-25/h1-17,19H,18H2,(H,34,35)(H,36,37)/b33-17-. The molecule has 9 heteroatoms. The minimum Gasteiger partial charge on any atom is -0.488 e. The van der Waals surface area contributed by atoms with Gasteiger partial charge in [-0.1, -0.05) is 54.1 Å². The topological polar surface area (TPSA) is 75.6 Å². The van der Waals surface area contributed by atoms with E-state index in [9.17, 15) is 4.79 Å². The van der Waals surface area contributed by atoms with E-state index >= 15 is 0 Å². The van der Waals surface area contributed by atoms with E-state index < -0.39 is 0 Å². The van der Waals surface area contributed by atoms with Gasteiger partial charge in [0.25, 0.3) is 5.91 Å². The first-order valence-corrected chi connectivity index (χ1v) is 14.0. The maximum absolute atomic E-state index is 12.6. The summed E-state index contributed by atoms with van der Waals surface area (Å²) in [4.78, 5) is 17.2. The molecule has 0 unspecified atom stereocenters. The number of thiazole rings is 1. The van der Waals surface area contributed by atoms with Crippen LogP contribution in [0.3, 0.4) is 0 Å². The van der Waals surface area contributed by atoms with Crippen molar-refractivity contribution in [3.05, 3.63) is 129 Å². The van der Waals surface area contributed by atoms with Crippen LogP contribution in [0.15, 0.2) is 112 Å². The fourth-order valence-corrected chi connectivity index (χ4v) is 4.96. The lowest BCUT2D eigenvalue weighted by Crippen LogP contribution is -2.17. The van der Waals surface area contributed by atoms with E-state index in [4.69, 9.17) is 16.3 Å². The average Bonchev–Trinajstić information content (AvgIpc) is 3.42. The van der Waals surface area contributed by atoms with Crippen LogP contribution in [0.2, 0.25) is 5.02 Å². The quantitative estimate of drug-likeness (QED) is 0.129. The summed E-state index contributed by atoms with van der Waals surface area (Å²) >= 11 is 11.0. The van der Waals surface area contributed by atoms with Crippen LogP contribution in [0, 0.1) is 0 Å². The molecule has 5 aromatic rings. The Morgan fingerprint density at radius 3 is 2.51 bits per heavy atom. The van der Waals surface area contributed by atoms with E-state index in [-0.39, 0.29) is 5.91 Å². The Morgan fingerprint density at radius 1 is 1.00 bits per heavy atom. The average molecular weight is 618 g/mol. The zero-order valence-corrected chi connectivity index (χ0v) is 23.6. The fourth-order valence-electron chi connectivity index (χ4n) is 3.59. The van der Waals surface area contributed by atoms with Crippen LogP contribution in [0.4, 0.5) is 10.8 Å². The number of hydrogen-bond acceptors (Lipinski definition) is 6. The molecule has 1 heterocycles. The molecule has 1 amide bonds. The van der Waals surface area contributed by atoms with Crippen LogP contribution >= 0.6 is 38.9 Å². The number of nitrogens with zero attached hydrogens (tertiary/aromatic N) is 2. The summed E-state index contributed by atoms with van der Waals surface area (Å²) in [6.45, 7) is 0.423. The second-order valence-corrected chi connectivity index (χ2v) is 10.6. The molecular formula is C30H22BrClN4O2S. The van der Waals surface area contributed by atoms with Gasteiger partial charge in [0.15, 0.2) is 5.13 Å². The number of aromatic nitrogens is 1. The number of benzene rings is 4. The van der Waals surface area contributed by atoms with Crippen LogP contribution in [0.25, 0.3) is 11.3 Å². The summed E-state index contributed by atoms with van der Waals surface area (Å²) in [5.41, 5.74) is 7.65. The third-order valence-electron chi connectivity index (χ3n) is 5.62. The van der Waals surface area contributed by atoms with Crippen LogP contribution in [-0.2, 0) is 6.61 Å². The Morgan fingerprint density at radius 2 is 1.77 bits per heavy atom. The van der Waals surface area contributed by atoms with Gasteiger partial charge in [-0.3, -0.25) is 4.79 Å². The maximum atomic E-state index is 12.6. The fraction of sp³-hybridized carbons (Fsp3) is 0.0333. The summed E-state index contributed by atoms with van der Waals surface area (Å²) in [7, 11) is 0. The number of ether oxygens (including phenoxy) is 1. The van der Waals surface area contributed by atoms with Crippen LogP contribution in [0.5, 0.6) is 5.75 Å². The van der Waals surface area contributed by atoms with Crippen molar-refractivity contribution in [1.82, 2.24) is 10.4 Å². The molecule has 4 aromatic carbocycles. The largest absolute Gasteiger partial charge is 0.488 e. The summed E-state index contributed by atoms with van der Waals surface area (Å²) in [6, 6.07) is 30.3. The Kier molecular flexibility index (Phi) is 8.68. The van der Waals surface area contributed by atoms with Crippen molar-refractivity contribution >= 4 is 61.8 Å². The molecule has 0 saturated carbocycles. The second kappa shape index (κ2) is 12.7. The van der Waals surface area contributed by atoms with Crippen molar-refractivity contribution in [3.8, 4) is 17.0 Å². The molecule has 5 rings (SSSR count). The predicted octanol–water partition coefficient (Wildman–Crippen LogP) is 8.31. The van der Waals surface area contributed by atoms with Gasteiger partial charge in [-0.05, 0) is 81.7 Å². The van der Waals surface area contributed by atoms with Crippen molar-refractivity contribution < 1.29 is 9.53 Å². The van der Waals surface area contributed by atoms with E-state index in [2.05, 4.69) is 36.8 Å². The lowest BCUT2D eigenvalue weighted by molar-refractivity contribution is 0.0955. The van der Waals surface area contributed by atoms with Crippen molar-refractivity contribution in [2.45, 2.75) is 6.61 Å². The highest BCUT2D eigenvalue weighted by atomic mass is 79.9. The number of para-hydroxylation sites is 1. The Balaban J connectivity index is 1.14. The Labute approximate surface area is 243 Å². The van der Waals surface area contributed by atoms with E-state index in [1.54, 1.807) is 18.3 Å².